The third kappa shape index (κ3) is 3.88. The zero-order chi connectivity index (χ0) is 22.2. The molecular weight excluding hydrogens is 418 g/mol. The zero-order valence-electron chi connectivity index (χ0n) is 16.1. The van der Waals surface area contributed by atoms with Crippen molar-refractivity contribution in [3.63, 3.8) is 0 Å². The Bertz CT molecular complexity index is 1150. The Morgan fingerprint density at radius 3 is 2.68 bits per heavy atom. The highest BCUT2D eigenvalue weighted by atomic mass is 19.4. The minimum Gasteiger partial charge on any atom is -0.496 e. The molecular formula is C21H15F4N3O3. The molecule has 160 valence electrons. The molecule has 1 aliphatic rings. The van der Waals surface area contributed by atoms with Crippen LogP contribution in [0.15, 0.2) is 48.7 Å². The first-order chi connectivity index (χ1) is 14.8. The summed E-state index contributed by atoms with van der Waals surface area (Å²) < 4.78 is 64.2. The number of carbonyl (C=O) groups is 1. The Balaban J connectivity index is 1.73. The van der Waals surface area contributed by atoms with Crippen molar-refractivity contribution in [3.8, 4) is 23.0 Å². The van der Waals surface area contributed by atoms with Crippen molar-refractivity contribution < 1.29 is 31.8 Å². The van der Waals surface area contributed by atoms with Gasteiger partial charge in [-0.05, 0) is 30.3 Å². The highest BCUT2D eigenvalue weighted by molar-refractivity contribution is 6.07. The Kier molecular flexibility index (Phi) is 5.22. The quantitative estimate of drug-likeness (QED) is 0.575. The second-order valence-electron chi connectivity index (χ2n) is 6.58. The van der Waals surface area contributed by atoms with E-state index in [-0.39, 0.29) is 47.4 Å². The lowest BCUT2D eigenvalue weighted by atomic mass is 10.1. The molecule has 6 nitrogen and oxygen atoms in total. The normalized spacial score (nSPS) is 14.0. The van der Waals surface area contributed by atoms with E-state index in [9.17, 15) is 22.4 Å². The molecule has 1 aromatic heterocycles. The van der Waals surface area contributed by atoms with Crippen molar-refractivity contribution in [1.29, 1.82) is 0 Å². The van der Waals surface area contributed by atoms with Crippen LogP contribution in [-0.2, 0) is 6.18 Å². The van der Waals surface area contributed by atoms with E-state index in [1.54, 1.807) is 0 Å². The predicted octanol–water partition coefficient (Wildman–Crippen LogP) is 4.35. The van der Waals surface area contributed by atoms with Crippen LogP contribution in [0.3, 0.4) is 0 Å². The number of rotatable bonds is 3. The predicted molar refractivity (Wildman–Crippen MR) is 103 cm³/mol. The van der Waals surface area contributed by atoms with Gasteiger partial charge >= 0.3 is 6.18 Å². The maximum absolute atomic E-state index is 14.4. The van der Waals surface area contributed by atoms with E-state index in [4.69, 9.17) is 9.47 Å². The Morgan fingerprint density at radius 2 is 1.94 bits per heavy atom. The number of anilines is 1. The summed E-state index contributed by atoms with van der Waals surface area (Å²) in [4.78, 5) is 22.4. The maximum Gasteiger partial charge on any atom is 0.416 e. The van der Waals surface area contributed by atoms with Gasteiger partial charge in [-0.15, -0.1) is 0 Å². The number of fused-ring (bicyclic) bond motifs is 1. The molecule has 0 atom stereocenters. The summed E-state index contributed by atoms with van der Waals surface area (Å²) in [5, 5.41) is 0. The van der Waals surface area contributed by atoms with Crippen LogP contribution in [0.1, 0.15) is 15.9 Å². The van der Waals surface area contributed by atoms with E-state index < -0.39 is 23.5 Å². The fraction of sp³-hybridized carbons (Fsp3) is 0.190. The average Bonchev–Trinajstić information content (AvgIpc) is 2.91. The van der Waals surface area contributed by atoms with Gasteiger partial charge in [0.05, 0.1) is 24.8 Å². The summed E-state index contributed by atoms with van der Waals surface area (Å²) in [7, 11) is 1.37. The van der Waals surface area contributed by atoms with E-state index in [1.807, 2.05) is 0 Å². The maximum atomic E-state index is 14.4. The standard InChI is InChI=1S/C21H15F4N3O3/c1-30-16-7-3-6-15(22)17(16)18-26-11-14-19(27-18)31-9-8-28(20(14)29)13-5-2-4-12(10-13)21(23,24)25/h2-7,10-11H,8-9H2,1H3. The first-order valence-corrected chi connectivity index (χ1v) is 9.11. The number of methoxy groups -OCH3 is 1. The van der Waals surface area contributed by atoms with E-state index in [1.165, 1.54) is 37.4 Å². The lowest BCUT2D eigenvalue weighted by Gasteiger charge is -2.21. The van der Waals surface area contributed by atoms with Crippen molar-refractivity contribution in [1.82, 2.24) is 9.97 Å². The summed E-state index contributed by atoms with van der Waals surface area (Å²) in [6.07, 6.45) is -3.38. The molecule has 0 N–H and O–H groups in total. The molecule has 0 aliphatic carbocycles. The third-order valence-electron chi connectivity index (χ3n) is 4.69. The molecule has 0 spiro atoms. The van der Waals surface area contributed by atoms with Crippen molar-refractivity contribution in [2.24, 2.45) is 0 Å². The van der Waals surface area contributed by atoms with Gasteiger partial charge in [-0.1, -0.05) is 12.1 Å². The lowest BCUT2D eigenvalue weighted by molar-refractivity contribution is -0.137. The average molecular weight is 433 g/mol. The molecule has 0 radical (unpaired) electrons. The molecule has 31 heavy (non-hydrogen) atoms. The molecule has 0 saturated carbocycles. The molecule has 1 aliphatic heterocycles. The monoisotopic (exact) mass is 433 g/mol. The van der Waals surface area contributed by atoms with Gasteiger partial charge in [0, 0.05) is 11.9 Å². The minimum absolute atomic E-state index is 0.00262. The van der Waals surface area contributed by atoms with Crippen molar-refractivity contribution in [3.05, 3.63) is 65.6 Å². The largest absolute Gasteiger partial charge is 0.496 e. The number of hydrogen-bond acceptors (Lipinski definition) is 5. The van der Waals surface area contributed by atoms with Gasteiger partial charge in [-0.25, -0.2) is 9.37 Å². The molecule has 2 heterocycles. The molecule has 2 aromatic carbocycles. The van der Waals surface area contributed by atoms with Crippen molar-refractivity contribution in [2.45, 2.75) is 6.18 Å². The number of carbonyl (C=O) groups excluding carboxylic acids is 1. The fourth-order valence-corrected chi connectivity index (χ4v) is 3.21. The van der Waals surface area contributed by atoms with Crippen LogP contribution in [0.5, 0.6) is 11.6 Å². The Hall–Kier alpha value is -3.69. The summed E-state index contributed by atoms with van der Waals surface area (Å²) in [6.45, 7) is -0.0330. The summed E-state index contributed by atoms with van der Waals surface area (Å²) in [5.41, 5.74) is -0.852. The van der Waals surface area contributed by atoms with Gasteiger partial charge in [-0.3, -0.25) is 4.79 Å². The second-order valence-corrected chi connectivity index (χ2v) is 6.58. The zero-order valence-corrected chi connectivity index (χ0v) is 16.1. The van der Waals surface area contributed by atoms with Crippen LogP contribution in [0, 0.1) is 5.82 Å². The van der Waals surface area contributed by atoms with Crippen LogP contribution in [-0.4, -0.2) is 36.1 Å². The molecule has 3 aromatic rings. The van der Waals surface area contributed by atoms with E-state index in [0.29, 0.717) is 0 Å². The topological polar surface area (TPSA) is 64.6 Å². The number of nitrogens with zero attached hydrogens (tertiary/aromatic N) is 3. The van der Waals surface area contributed by atoms with Crippen LogP contribution in [0.2, 0.25) is 0 Å². The third-order valence-corrected chi connectivity index (χ3v) is 4.69. The SMILES string of the molecule is COc1cccc(F)c1-c1ncc2c(n1)OCCN(c1cccc(C(F)(F)F)c1)C2=O. The van der Waals surface area contributed by atoms with Gasteiger partial charge in [0.2, 0.25) is 5.88 Å². The number of hydrogen-bond donors (Lipinski definition) is 0. The second kappa shape index (κ2) is 7.86. The highest BCUT2D eigenvalue weighted by Gasteiger charge is 2.33. The van der Waals surface area contributed by atoms with Crippen LogP contribution < -0.4 is 14.4 Å². The van der Waals surface area contributed by atoms with Gasteiger partial charge in [0.25, 0.3) is 5.91 Å². The number of ether oxygens (including phenoxy) is 2. The molecule has 0 unspecified atom stereocenters. The summed E-state index contributed by atoms with van der Waals surface area (Å²) in [6, 6.07) is 8.66. The number of alkyl halides is 3. The summed E-state index contributed by atoms with van der Waals surface area (Å²) in [5.74, 6) is -1.18. The van der Waals surface area contributed by atoms with E-state index >= 15 is 0 Å². The molecule has 1 amide bonds. The number of aromatic nitrogens is 2. The Morgan fingerprint density at radius 1 is 1.16 bits per heavy atom. The molecule has 10 heteroatoms. The van der Waals surface area contributed by atoms with Gasteiger partial charge in [0.1, 0.15) is 23.7 Å². The molecule has 0 saturated heterocycles. The van der Waals surface area contributed by atoms with Crippen molar-refractivity contribution in [2.75, 3.05) is 25.2 Å². The molecule has 4 rings (SSSR count). The highest BCUT2D eigenvalue weighted by Crippen LogP contribution is 2.34. The first-order valence-electron chi connectivity index (χ1n) is 9.11. The van der Waals surface area contributed by atoms with Gasteiger partial charge in [0.15, 0.2) is 5.82 Å². The van der Waals surface area contributed by atoms with Gasteiger partial charge < -0.3 is 14.4 Å². The van der Waals surface area contributed by atoms with Crippen molar-refractivity contribution >= 4 is 11.6 Å². The first kappa shape index (κ1) is 20.6. The van der Waals surface area contributed by atoms with Crippen LogP contribution in [0.25, 0.3) is 11.4 Å². The van der Waals surface area contributed by atoms with Crippen LogP contribution >= 0.6 is 0 Å². The van der Waals surface area contributed by atoms with E-state index in [2.05, 4.69) is 9.97 Å². The number of benzene rings is 2. The fourth-order valence-electron chi connectivity index (χ4n) is 3.21. The van der Waals surface area contributed by atoms with E-state index in [0.717, 1.165) is 23.2 Å². The lowest BCUT2D eigenvalue weighted by Crippen LogP contribution is -2.32. The molecule has 0 fully saturated rings. The summed E-state index contributed by atoms with van der Waals surface area (Å²) >= 11 is 0. The number of halogens is 4. The minimum atomic E-state index is -4.55. The molecule has 0 bridgehead atoms. The van der Waals surface area contributed by atoms with Crippen LogP contribution in [0.4, 0.5) is 23.2 Å². The van der Waals surface area contributed by atoms with Gasteiger partial charge in [-0.2, -0.15) is 18.2 Å². The Labute approximate surface area is 174 Å². The smallest absolute Gasteiger partial charge is 0.416 e. The number of amides is 1.